The lowest BCUT2D eigenvalue weighted by molar-refractivity contribution is -0.116. The highest BCUT2D eigenvalue weighted by atomic mass is 32.2. The van der Waals surface area contributed by atoms with Gasteiger partial charge in [0.25, 0.3) is 10.0 Å². The molecule has 3 aromatic carbocycles. The van der Waals surface area contributed by atoms with Gasteiger partial charge in [0, 0.05) is 17.7 Å². The number of amidine groups is 1. The lowest BCUT2D eigenvalue weighted by Crippen LogP contribution is -2.23. The van der Waals surface area contributed by atoms with Gasteiger partial charge >= 0.3 is 0 Å². The zero-order chi connectivity index (χ0) is 21.7. The molecule has 0 atom stereocenters. The maximum atomic E-state index is 12.2. The van der Waals surface area contributed by atoms with Gasteiger partial charge in [0.05, 0.1) is 11.4 Å². The molecule has 3 aromatic rings. The van der Waals surface area contributed by atoms with E-state index in [9.17, 15) is 13.2 Å². The molecule has 31 heavy (non-hydrogen) atoms. The average Bonchev–Trinajstić information content (AvgIpc) is 3.04. The van der Waals surface area contributed by atoms with Crippen LogP contribution >= 0.6 is 0 Å². The summed E-state index contributed by atoms with van der Waals surface area (Å²) in [5, 5.41) is 2.80. The van der Waals surface area contributed by atoms with E-state index in [2.05, 4.69) is 15.0 Å². The Labute approximate surface area is 180 Å². The highest BCUT2D eigenvalue weighted by Gasteiger charge is 2.29. The standard InChI is InChI=1S/C23H21N3O4S/c27-22(14-15-24-23-20-8-4-5-9-21(20)31(28,29)26-23)25-18-10-12-19(13-11-18)30-16-17-6-2-1-3-7-17/h1-13H,14-16H2,(H,24,26)(H,25,27). The van der Waals surface area contributed by atoms with Crippen LogP contribution in [0.2, 0.25) is 0 Å². The molecule has 1 aliphatic rings. The zero-order valence-electron chi connectivity index (χ0n) is 16.6. The van der Waals surface area contributed by atoms with E-state index in [-0.39, 0.29) is 29.6 Å². The Hall–Kier alpha value is -3.65. The largest absolute Gasteiger partial charge is 0.489 e. The number of hydrogen-bond donors (Lipinski definition) is 2. The van der Waals surface area contributed by atoms with Crippen LogP contribution in [-0.2, 0) is 21.4 Å². The first kappa shape index (κ1) is 20.6. The van der Waals surface area contributed by atoms with Crippen LogP contribution in [-0.4, -0.2) is 26.7 Å². The van der Waals surface area contributed by atoms with Crippen molar-refractivity contribution in [3.63, 3.8) is 0 Å². The molecule has 0 fully saturated rings. The Morgan fingerprint density at radius 1 is 0.935 bits per heavy atom. The molecule has 1 amide bonds. The third-order valence-electron chi connectivity index (χ3n) is 4.66. The fourth-order valence-corrected chi connectivity index (χ4v) is 4.37. The summed E-state index contributed by atoms with van der Waals surface area (Å²) in [7, 11) is -3.57. The van der Waals surface area contributed by atoms with Crippen molar-refractivity contribution in [3.05, 3.63) is 90.0 Å². The van der Waals surface area contributed by atoms with Crippen LogP contribution in [0, 0.1) is 0 Å². The summed E-state index contributed by atoms with van der Waals surface area (Å²) >= 11 is 0. The Kier molecular flexibility index (Phi) is 5.99. The molecular formula is C23H21N3O4S. The molecule has 0 saturated carbocycles. The fourth-order valence-electron chi connectivity index (χ4n) is 3.12. The van der Waals surface area contributed by atoms with Gasteiger partial charge in [0.15, 0.2) is 0 Å². The van der Waals surface area contributed by atoms with Crippen LogP contribution < -0.4 is 14.8 Å². The molecule has 0 saturated heterocycles. The van der Waals surface area contributed by atoms with Gasteiger partial charge in [0.1, 0.15) is 18.2 Å². The lowest BCUT2D eigenvalue weighted by Gasteiger charge is -2.08. The number of nitrogens with one attached hydrogen (secondary N) is 2. The van der Waals surface area contributed by atoms with E-state index < -0.39 is 10.0 Å². The summed E-state index contributed by atoms with van der Waals surface area (Å²) in [6.07, 6.45) is 0.125. The van der Waals surface area contributed by atoms with E-state index in [0.717, 1.165) is 5.56 Å². The molecule has 0 unspecified atom stereocenters. The molecule has 4 rings (SSSR count). The Bertz CT molecular complexity index is 1210. The van der Waals surface area contributed by atoms with Crippen molar-refractivity contribution in [2.45, 2.75) is 17.9 Å². The number of anilines is 1. The minimum atomic E-state index is -3.57. The number of fused-ring (bicyclic) bond motifs is 1. The molecule has 7 nitrogen and oxygen atoms in total. The summed E-state index contributed by atoms with van der Waals surface area (Å²) in [5.41, 5.74) is 2.25. The summed E-state index contributed by atoms with van der Waals surface area (Å²) < 4.78 is 32.3. The molecule has 0 aliphatic carbocycles. The summed E-state index contributed by atoms with van der Waals surface area (Å²) in [4.78, 5) is 16.7. The molecule has 1 heterocycles. The molecule has 2 N–H and O–H groups in total. The van der Waals surface area contributed by atoms with Crippen molar-refractivity contribution >= 4 is 27.5 Å². The molecule has 0 spiro atoms. The van der Waals surface area contributed by atoms with Crippen LogP contribution in [0.1, 0.15) is 17.5 Å². The van der Waals surface area contributed by atoms with Crippen molar-refractivity contribution in [2.24, 2.45) is 4.99 Å². The predicted octanol–water partition coefficient (Wildman–Crippen LogP) is 3.33. The van der Waals surface area contributed by atoms with Crippen molar-refractivity contribution in [1.29, 1.82) is 0 Å². The first-order chi connectivity index (χ1) is 15.0. The number of amides is 1. The SMILES string of the molecule is O=C(CCN=C1NS(=O)(=O)c2ccccc21)Nc1ccc(OCc2ccccc2)cc1. The van der Waals surface area contributed by atoms with Crippen molar-refractivity contribution in [2.75, 3.05) is 11.9 Å². The number of aliphatic imine (C=N–C) groups is 1. The highest BCUT2D eigenvalue weighted by molar-refractivity contribution is 7.90. The average molecular weight is 436 g/mol. The fraction of sp³-hybridized carbons (Fsp3) is 0.130. The third-order valence-corrected chi connectivity index (χ3v) is 6.06. The number of nitrogens with zero attached hydrogens (tertiary/aromatic N) is 1. The van der Waals surface area contributed by atoms with E-state index >= 15 is 0 Å². The Balaban J connectivity index is 1.28. The lowest BCUT2D eigenvalue weighted by atomic mass is 10.2. The van der Waals surface area contributed by atoms with Crippen LogP contribution in [0.3, 0.4) is 0 Å². The summed E-state index contributed by atoms with van der Waals surface area (Å²) in [6, 6.07) is 23.6. The van der Waals surface area contributed by atoms with Gasteiger partial charge in [-0.3, -0.25) is 14.5 Å². The van der Waals surface area contributed by atoms with E-state index in [1.54, 1.807) is 42.5 Å². The number of sulfonamides is 1. The van der Waals surface area contributed by atoms with E-state index in [1.807, 2.05) is 30.3 Å². The predicted molar refractivity (Wildman–Crippen MR) is 119 cm³/mol. The van der Waals surface area contributed by atoms with Gasteiger partial charge in [-0.1, -0.05) is 42.5 Å². The molecular weight excluding hydrogens is 414 g/mol. The Morgan fingerprint density at radius 2 is 1.65 bits per heavy atom. The quantitative estimate of drug-likeness (QED) is 0.595. The number of benzene rings is 3. The van der Waals surface area contributed by atoms with Gasteiger partial charge < -0.3 is 10.1 Å². The minimum absolute atomic E-state index is 0.125. The smallest absolute Gasteiger partial charge is 0.263 e. The molecule has 0 bridgehead atoms. The number of ether oxygens (including phenoxy) is 1. The van der Waals surface area contributed by atoms with E-state index in [1.165, 1.54) is 6.07 Å². The molecule has 0 radical (unpaired) electrons. The number of carbonyl (C=O) groups excluding carboxylic acids is 1. The molecule has 8 heteroatoms. The first-order valence-electron chi connectivity index (χ1n) is 9.74. The highest BCUT2D eigenvalue weighted by Crippen LogP contribution is 2.22. The number of rotatable bonds is 7. The first-order valence-corrected chi connectivity index (χ1v) is 11.2. The van der Waals surface area contributed by atoms with Crippen LogP contribution in [0.25, 0.3) is 0 Å². The van der Waals surface area contributed by atoms with Crippen LogP contribution in [0.4, 0.5) is 5.69 Å². The second-order valence-electron chi connectivity index (χ2n) is 6.93. The topological polar surface area (TPSA) is 96.9 Å². The van der Waals surface area contributed by atoms with Gasteiger partial charge in [-0.15, -0.1) is 0 Å². The molecule has 158 valence electrons. The summed E-state index contributed by atoms with van der Waals surface area (Å²) in [6.45, 7) is 0.635. The second-order valence-corrected chi connectivity index (χ2v) is 8.58. The van der Waals surface area contributed by atoms with Crippen LogP contribution in [0.15, 0.2) is 88.8 Å². The monoisotopic (exact) mass is 435 g/mol. The molecule has 0 aromatic heterocycles. The number of hydrogen-bond acceptors (Lipinski definition) is 5. The van der Waals surface area contributed by atoms with Crippen molar-refractivity contribution in [1.82, 2.24) is 4.72 Å². The minimum Gasteiger partial charge on any atom is -0.489 e. The van der Waals surface area contributed by atoms with Gasteiger partial charge in [-0.25, -0.2) is 8.42 Å². The summed E-state index contributed by atoms with van der Waals surface area (Å²) in [5.74, 6) is 0.764. The maximum absolute atomic E-state index is 12.2. The normalized spacial score (nSPS) is 15.2. The van der Waals surface area contributed by atoms with E-state index in [0.29, 0.717) is 23.6 Å². The van der Waals surface area contributed by atoms with Gasteiger partial charge in [-0.05, 0) is 42.0 Å². The van der Waals surface area contributed by atoms with Crippen LogP contribution in [0.5, 0.6) is 5.75 Å². The third kappa shape index (κ3) is 5.10. The van der Waals surface area contributed by atoms with Gasteiger partial charge in [0.2, 0.25) is 5.91 Å². The van der Waals surface area contributed by atoms with E-state index in [4.69, 9.17) is 4.74 Å². The maximum Gasteiger partial charge on any atom is 0.263 e. The Morgan fingerprint density at radius 3 is 2.42 bits per heavy atom. The zero-order valence-corrected chi connectivity index (χ0v) is 17.4. The van der Waals surface area contributed by atoms with Crippen molar-refractivity contribution in [3.8, 4) is 5.75 Å². The van der Waals surface area contributed by atoms with Gasteiger partial charge in [-0.2, -0.15) is 0 Å². The van der Waals surface area contributed by atoms with Crippen molar-refractivity contribution < 1.29 is 17.9 Å². The second kappa shape index (κ2) is 9.01. The molecule has 1 aliphatic heterocycles. The number of carbonyl (C=O) groups is 1.